The van der Waals surface area contributed by atoms with Gasteiger partial charge in [-0.15, -0.1) is 0 Å². The number of hydrogen-bond acceptors (Lipinski definition) is 7. The van der Waals surface area contributed by atoms with Gasteiger partial charge in [-0.05, 0) is 26.7 Å². The lowest BCUT2D eigenvalue weighted by Crippen LogP contribution is -2.27. The number of benzene rings is 1. The van der Waals surface area contributed by atoms with Gasteiger partial charge in [-0.25, -0.2) is 4.79 Å². The average Bonchev–Trinajstić information content (AvgIpc) is 2.97. The summed E-state index contributed by atoms with van der Waals surface area (Å²) in [5, 5.41) is 0. The number of alkyl halides is 3. The molecule has 0 radical (unpaired) electrons. The van der Waals surface area contributed by atoms with Gasteiger partial charge in [-0.1, -0.05) is 11.6 Å². The molecule has 0 fully saturated rings. The van der Waals surface area contributed by atoms with E-state index in [1.807, 2.05) is 0 Å². The fourth-order valence-corrected chi connectivity index (χ4v) is 3.38. The van der Waals surface area contributed by atoms with Gasteiger partial charge in [-0.2, -0.15) is 13.2 Å². The first-order chi connectivity index (χ1) is 13.9. The molecule has 1 aromatic rings. The van der Waals surface area contributed by atoms with E-state index < -0.39 is 41.3 Å². The molecule has 0 aromatic heterocycles. The van der Waals surface area contributed by atoms with E-state index in [2.05, 4.69) is 4.74 Å². The van der Waals surface area contributed by atoms with Crippen LogP contribution in [0, 0.1) is 6.92 Å². The Bertz CT molecular complexity index is 920. The zero-order valence-electron chi connectivity index (χ0n) is 16.9. The van der Waals surface area contributed by atoms with E-state index in [-0.39, 0.29) is 29.7 Å². The molecule has 0 bridgehead atoms. The van der Waals surface area contributed by atoms with Crippen molar-refractivity contribution in [3.63, 3.8) is 0 Å². The summed E-state index contributed by atoms with van der Waals surface area (Å²) < 4.78 is 54.8. The lowest BCUT2D eigenvalue weighted by Gasteiger charge is -2.20. The van der Waals surface area contributed by atoms with Crippen LogP contribution in [0.25, 0.3) is 0 Å². The number of Topliss-reactive ketones (excluding diaryl/α,β-unsaturated/α-hetero) is 1. The van der Waals surface area contributed by atoms with Crippen molar-refractivity contribution in [3.05, 3.63) is 39.5 Å². The number of rotatable bonds is 7. The third-order valence-corrected chi connectivity index (χ3v) is 4.86. The minimum absolute atomic E-state index is 0.000377. The normalized spacial score (nSPS) is 16.2. The van der Waals surface area contributed by atoms with Crippen LogP contribution in [0.5, 0.6) is 5.75 Å². The molecule has 0 amide bonds. The summed E-state index contributed by atoms with van der Waals surface area (Å²) in [5.41, 5.74) is 5.34. The van der Waals surface area contributed by atoms with E-state index in [0.717, 1.165) is 0 Å². The van der Waals surface area contributed by atoms with Crippen LogP contribution >= 0.6 is 0 Å². The average molecular weight is 429 g/mol. The Morgan fingerprint density at radius 3 is 2.40 bits per heavy atom. The molecule has 2 N–H and O–H groups in total. The van der Waals surface area contributed by atoms with Crippen molar-refractivity contribution in [2.75, 3.05) is 14.2 Å². The molecule has 1 aliphatic rings. The maximum atomic E-state index is 13.4. The van der Waals surface area contributed by atoms with Gasteiger partial charge in [0.1, 0.15) is 5.75 Å². The molecule has 1 heterocycles. The number of allylic oxidation sites excluding steroid dienone is 2. The second-order valence-corrected chi connectivity index (χ2v) is 6.78. The second-order valence-electron chi connectivity index (χ2n) is 6.78. The molecular formula is C20H22F3NO6. The van der Waals surface area contributed by atoms with E-state index in [0.29, 0.717) is 17.6 Å². The first-order valence-electron chi connectivity index (χ1n) is 8.97. The lowest BCUT2D eigenvalue weighted by molar-refractivity contribution is -0.140. The molecular weight excluding hydrogens is 407 g/mol. The van der Waals surface area contributed by atoms with Crippen molar-refractivity contribution in [1.82, 2.24) is 0 Å². The minimum atomic E-state index is -5.22. The van der Waals surface area contributed by atoms with Gasteiger partial charge in [0.15, 0.2) is 6.23 Å². The van der Waals surface area contributed by atoms with Gasteiger partial charge in [0.05, 0.1) is 19.8 Å². The standard InChI is InChI=1S/C20H22F3NO6/c1-9(6-8-12(25)28-3)5-7-11-14(17(26)20(21,22)23)15-13(10(2)16(11)29-4)18(24)30-19(15)27/h5,18H,6-8,24H2,1-4H3/b9-5+. The summed E-state index contributed by atoms with van der Waals surface area (Å²) in [7, 11) is 2.50. The number of cyclic esters (lactones) is 1. The second kappa shape index (κ2) is 8.86. The molecule has 164 valence electrons. The molecule has 30 heavy (non-hydrogen) atoms. The number of methoxy groups -OCH3 is 2. The highest BCUT2D eigenvalue weighted by Gasteiger charge is 2.47. The van der Waals surface area contributed by atoms with Crippen LogP contribution in [0.1, 0.15) is 63.4 Å². The summed E-state index contributed by atoms with van der Waals surface area (Å²) >= 11 is 0. The predicted octanol–water partition coefficient (Wildman–Crippen LogP) is 3.32. The van der Waals surface area contributed by atoms with Gasteiger partial charge in [0.2, 0.25) is 0 Å². The van der Waals surface area contributed by atoms with Crippen molar-refractivity contribution < 1.29 is 41.8 Å². The Hall–Kier alpha value is -2.88. The highest BCUT2D eigenvalue weighted by atomic mass is 19.4. The Kier molecular flexibility index (Phi) is 6.91. The number of hydrogen-bond donors (Lipinski definition) is 1. The van der Waals surface area contributed by atoms with Crippen LogP contribution in [0.15, 0.2) is 11.6 Å². The van der Waals surface area contributed by atoms with E-state index in [4.69, 9.17) is 15.2 Å². The van der Waals surface area contributed by atoms with Crippen LogP contribution in [-0.2, 0) is 20.7 Å². The largest absolute Gasteiger partial charge is 0.496 e. The minimum Gasteiger partial charge on any atom is -0.496 e. The third kappa shape index (κ3) is 4.48. The smallest absolute Gasteiger partial charge is 0.454 e. The topological polar surface area (TPSA) is 105 Å². The molecule has 7 nitrogen and oxygen atoms in total. The molecule has 0 aliphatic carbocycles. The van der Waals surface area contributed by atoms with Gasteiger partial charge < -0.3 is 14.2 Å². The summed E-state index contributed by atoms with van der Waals surface area (Å²) in [4.78, 5) is 35.8. The lowest BCUT2D eigenvalue weighted by atomic mass is 9.87. The van der Waals surface area contributed by atoms with Crippen molar-refractivity contribution in [1.29, 1.82) is 0 Å². The predicted molar refractivity (Wildman–Crippen MR) is 99.2 cm³/mol. The number of fused-ring (bicyclic) bond motifs is 1. The molecule has 0 saturated heterocycles. The van der Waals surface area contributed by atoms with Gasteiger partial charge in [-0.3, -0.25) is 15.3 Å². The zero-order valence-corrected chi connectivity index (χ0v) is 16.9. The molecule has 10 heteroatoms. The van der Waals surface area contributed by atoms with E-state index in [1.165, 1.54) is 21.1 Å². The highest BCUT2D eigenvalue weighted by molar-refractivity contribution is 6.12. The number of ketones is 1. The zero-order chi connectivity index (χ0) is 22.8. The molecule has 2 rings (SSSR count). The summed E-state index contributed by atoms with van der Waals surface area (Å²) in [6.07, 6.45) is -4.68. The Morgan fingerprint density at radius 2 is 1.87 bits per heavy atom. The fraction of sp³-hybridized carbons (Fsp3) is 0.450. The third-order valence-electron chi connectivity index (χ3n) is 4.86. The van der Waals surface area contributed by atoms with Crippen LogP contribution in [0.2, 0.25) is 0 Å². The van der Waals surface area contributed by atoms with Gasteiger partial charge >= 0.3 is 18.1 Å². The van der Waals surface area contributed by atoms with Gasteiger partial charge in [0.25, 0.3) is 5.78 Å². The number of esters is 2. The SMILES string of the molecule is COC(=O)CC/C(C)=C/Cc1c(OC)c(C)c2c(c1C(=O)C(F)(F)F)C(=O)OC2N. The van der Waals surface area contributed by atoms with Crippen LogP contribution in [0.3, 0.4) is 0 Å². The van der Waals surface area contributed by atoms with Crippen molar-refractivity contribution >= 4 is 17.7 Å². The van der Waals surface area contributed by atoms with Crippen LogP contribution < -0.4 is 10.5 Å². The summed E-state index contributed by atoms with van der Waals surface area (Å²) in [6, 6.07) is 0. The number of nitrogens with two attached hydrogens (primary N) is 1. The molecule has 1 aliphatic heterocycles. The van der Waals surface area contributed by atoms with Crippen molar-refractivity contribution in [3.8, 4) is 5.75 Å². The maximum absolute atomic E-state index is 13.4. The molecule has 1 aromatic carbocycles. The molecule has 0 spiro atoms. The molecule has 1 unspecified atom stereocenters. The summed E-state index contributed by atoms with van der Waals surface area (Å²) in [6.45, 7) is 3.21. The fourth-order valence-electron chi connectivity index (χ4n) is 3.38. The maximum Gasteiger partial charge on any atom is 0.454 e. The molecule has 0 saturated carbocycles. The number of carbonyl (C=O) groups excluding carboxylic acids is 3. The first-order valence-corrected chi connectivity index (χ1v) is 8.97. The van der Waals surface area contributed by atoms with E-state index >= 15 is 0 Å². The van der Waals surface area contributed by atoms with E-state index in [1.54, 1.807) is 13.0 Å². The van der Waals surface area contributed by atoms with Crippen molar-refractivity contribution in [2.45, 2.75) is 45.5 Å². The Labute approximate surface area is 171 Å². The molecule has 1 atom stereocenters. The number of halogens is 3. The monoisotopic (exact) mass is 429 g/mol. The van der Waals surface area contributed by atoms with Crippen LogP contribution in [0.4, 0.5) is 13.2 Å². The number of carbonyl (C=O) groups is 3. The van der Waals surface area contributed by atoms with E-state index in [9.17, 15) is 27.6 Å². The van der Waals surface area contributed by atoms with Crippen molar-refractivity contribution in [2.24, 2.45) is 5.73 Å². The van der Waals surface area contributed by atoms with Crippen LogP contribution in [-0.4, -0.2) is 38.1 Å². The Morgan fingerprint density at radius 1 is 1.23 bits per heavy atom. The van der Waals surface area contributed by atoms with Gasteiger partial charge in [0, 0.05) is 28.7 Å². The first kappa shape index (κ1) is 23.4. The number of ether oxygens (including phenoxy) is 3. The quantitative estimate of drug-likeness (QED) is 0.403. The Balaban J connectivity index is 2.65. The summed E-state index contributed by atoms with van der Waals surface area (Å²) in [5.74, 6) is -3.69. The highest BCUT2D eigenvalue weighted by Crippen LogP contribution is 2.43.